The van der Waals surface area contributed by atoms with Crippen LogP contribution in [-0.2, 0) is 0 Å². The number of ether oxygens (including phenoxy) is 1. The van der Waals surface area contributed by atoms with Gasteiger partial charge in [-0.1, -0.05) is 11.6 Å². The number of nitrogens with zero attached hydrogens (tertiary/aromatic N) is 3. The van der Waals surface area contributed by atoms with Crippen molar-refractivity contribution < 1.29 is 9.84 Å². The van der Waals surface area contributed by atoms with Gasteiger partial charge in [0.25, 0.3) is 5.56 Å². The third-order valence-corrected chi connectivity index (χ3v) is 5.84. The summed E-state index contributed by atoms with van der Waals surface area (Å²) in [7, 11) is 0. The Morgan fingerprint density at radius 2 is 2.07 bits per heavy atom. The largest absolute Gasteiger partial charge is 0.472 e. The summed E-state index contributed by atoms with van der Waals surface area (Å²) in [6.45, 7) is 1.38. The molecule has 2 aromatic heterocycles. The number of hydrogen-bond donors (Lipinski definition) is 2. The minimum absolute atomic E-state index is 0.0173. The first-order chi connectivity index (χ1) is 13.1. The molecule has 1 saturated heterocycles. The van der Waals surface area contributed by atoms with E-state index in [2.05, 4.69) is 15.2 Å². The number of rotatable bonds is 4. The summed E-state index contributed by atoms with van der Waals surface area (Å²) in [5.41, 5.74) is 1.48. The van der Waals surface area contributed by atoms with E-state index in [9.17, 15) is 9.90 Å². The van der Waals surface area contributed by atoms with Gasteiger partial charge in [0.05, 0.1) is 24.5 Å². The molecule has 1 aliphatic carbocycles. The Kier molecular flexibility index (Phi) is 5.31. The molecule has 3 heterocycles. The number of H-pyrrole nitrogens is 1. The van der Waals surface area contributed by atoms with E-state index < -0.39 is 0 Å². The normalized spacial score (nSPS) is 25.6. The molecule has 1 aliphatic heterocycles. The van der Waals surface area contributed by atoms with E-state index >= 15 is 0 Å². The molecule has 2 aromatic rings. The van der Waals surface area contributed by atoms with Crippen LogP contribution in [-0.4, -0.2) is 45.6 Å². The highest BCUT2D eigenvalue weighted by Gasteiger charge is 2.27. The molecule has 0 spiro atoms. The molecular formula is C19H23ClN4O3. The van der Waals surface area contributed by atoms with Crippen LogP contribution >= 0.6 is 11.6 Å². The lowest BCUT2D eigenvalue weighted by atomic mass is 9.83. The summed E-state index contributed by atoms with van der Waals surface area (Å²) in [5.74, 6) is 1.08. The smallest absolute Gasteiger partial charge is 0.285 e. The topological polar surface area (TPSA) is 91.3 Å². The number of aliphatic hydroxyl groups is 1. The van der Waals surface area contributed by atoms with Crippen LogP contribution < -0.4 is 15.2 Å². The van der Waals surface area contributed by atoms with Gasteiger partial charge in [-0.2, -0.15) is 5.10 Å². The SMILES string of the molecule is O=c1[nH]ncc(N2CC[C@@H](Oc3cc(C4CCC(O)CC4)ccn3)C2)c1Cl. The lowest BCUT2D eigenvalue weighted by molar-refractivity contribution is 0.122. The first kappa shape index (κ1) is 18.3. The van der Waals surface area contributed by atoms with E-state index in [0.717, 1.165) is 38.6 Å². The third kappa shape index (κ3) is 4.09. The lowest BCUT2D eigenvalue weighted by Crippen LogP contribution is -2.26. The number of aromatic amines is 1. The van der Waals surface area contributed by atoms with Crippen molar-refractivity contribution in [2.45, 2.75) is 50.2 Å². The molecule has 0 radical (unpaired) electrons. The zero-order chi connectivity index (χ0) is 18.8. The van der Waals surface area contributed by atoms with Gasteiger partial charge >= 0.3 is 0 Å². The third-order valence-electron chi connectivity index (χ3n) is 5.48. The fourth-order valence-corrected chi connectivity index (χ4v) is 4.17. The van der Waals surface area contributed by atoms with Crippen LogP contribution in [0.5, 0.6) is 5.88 Å². The van der Waals surface area contributed by atoms with Gasteiger partial charge in [-0.3, -0.25) is 4.79 Å². The number of halogens is 1. The molecule has 144 valence electrons. The van der Waals surface area contributed by atoms with Crippen LogP contribution in [0, 0.1) is 0 Å². The van der Waals surface area contributed by atoms with Crippen molar-refractivity contribution in [1.29, 1.82) is 0 Å². The first-order valence-corrected chi connectivity index (χ1v) is 9.76. The molecule has 7 nitrogen and oxygen atoms in total. The number of pyridine rings is 1. The van der Waals surface area contributed by atoms with E-state index in [4.69, 9.17) is 16.3 Å². The van der Waals surface area contributed by atoms with E-state index in [1.165, 1.54) is 5.56 Å². The van der Waals surface area contributed by atoms with Crippen molar-refractivity contribution in [3.63, 3.8) is 0 Å². The number of nitrogens with one attached hydrogen (secondary N) is 1. The van der Waals surface area contributed by atoms with Gasteiger partial charge in [-0.05, 0) is 43.2 Å². The molecule has 8 heteroatoms. The van der Waals surface area contributed by atoms with Crippen LogP contribution in [0.4, 0.5) is 5.69 Å². The summed E-state index contributed by atoms with van der Waals surface area (Å²) in [6, 6.07) is 4.06. The molecule has 2 aliphatic rings. The molecule has 1 saturated carbocycles. The molecule has 0 unspecified atom stereocenters. The Morgan fingerprint density at radius 1 is 1.26 bits per heavy atom. The van der Waals surface area contributed by atoms with Gasteiger partial charge in [0, 0.05) is 25.2 Å². The van der Waals surface area contributed by atoms with Crippen LogP contribution in [0.15, 0.2) is 29.3 Å². The Labute approximate surface area is 162 Å². The summed E-state index contributed by atoms with van der Waals surface area (Å²) in [5, 5.41) is 16.0. The first-order valence-electron chi connectivity index (χ1n) is 9.39. The number of aromatic nitrogens is 3. The number of aliphatic hydroxyl groups excluding tert-OH is 1. The molecule has 2 fully saturated rings. The predicted molar refractivity (Wildman–Crippen MR) is 103 cm³/mol. The van der Waals surface area contributed by atoms with Crippen LogP contribution in [0.25, 0.3) is 0 Å². The van der Waals surface area contributed by atoms with E-state index in [0.29, 0.717) is 24.0 Å². The molecule has 2 N–H and O–H groups in total. The van der Waals surface area contributed by atoms with E-state index in [1.54, 1.807) is 12.4 Å². The van der Waals surface area contributed by atoms with Crippen molar-refractivity contribution in [3.05, 3.63) is 45.5 Å². The Morgan fingerprint density at radius 3 is 2.89 bits per heavy atom. The molecule has 0 amide bonds. The quantitative estimate of drug-likeness (QED) is 0.833. The standard InChI is InChI=1S/C19H23ClN4O3/c20-18-16(10-22-23-19(18)26)24-8-6-15(11-24)27-17-9-13(5-7-21-17)12-1-3-14(25)4-2-12/h5,7,9-10,12,14-15,25H,1-4,6,8,11H2,(H,23,26)/t12?,14?,15-/m1/s1. The van der Waals surface area contributed by atoms with Crippen LogP contribution in [0.1, 0.15) is 43.6 Å². The summed E-state index contributed by atoms with van der Waals surface area (Å²) in [6.07, 6.45) is 7.71. The maximum atomic E-state index is 11.6. The fraction of sp³-hybridized carbons (Fsp3) is 0.526. The minimum atomic E-state index is -0.384. The van der Waals surface area contributed by atoms with Gasteiger partial charge < -0.3 is 14.7 Å². The predicted octanol–water partition coefficient (Wildman–Crippen LogP) is 2.49. The van der Waals surface area contributed by atoms with Crippen molar-refractivity contribution in [3.8, 4) is 5.88 Å². The Hall–Kier alpha value is -2.12. The molecule has 4 rings (SSSR count). The second-order valence-corrected chi connectivity index (χ2v) is 7.68. The lowest BCUT2D eigenvalue weighted by Gasteiger charge is -2.26. The van der Waals surface area contributed by atoms with Crippen molar-refractivity contribution >= 4 is 17.3 Å². The Balaban J connectivity index is 1.41. The highest BCUT2D eigenvalue weighted by molar-refractivity contribution is 6.33. The van der Waals surface area contributed by atoms with Crippen molar-refractivity contribution in [2.75, 3.05) is 18.0 Å². The fourth-order valence-electron chi connectivity index (χ4n) is 3.96. The molecule has 1 atom stereocenters. The van der Waals surface area contributed by atoms with E-state index in [-0.39, 0.29) is 22.8 Å². The summed E-state index contributed by atoms with van der Waals surface area (Å²) >= 11 is 6.10. The average Bonchev–Trinajstić information content (AvgIpc) is 3.13. The summed E-state index contributed by atoms with van der Waals surface area (Å²) < 4.78 is 6.10. The van der Waals surface area contributed by atoms with Crippen molar-refractivity contribution in [1.82, 2.24) is 15.2 Å². The van der Waals surface area contributed by atoms with Crippen molar-refractivity contribution in [2.24, 2.45) is 0 Å². The average molecular weight is 391 g/mol. The number of hydrogen-bond acceptors (Lipinski definition) is 6. The second kappa shape index (κ2) is 7.86. The molecule has 0 bridgehead atoms. The van der Waals surface area contributed by atoms with Gasteiger partial charge in [0.1, 0.15) is 11.1 Å². The van der Waals surface area contributed by atoms with Crippen LogP contribution in [0.3, 0.4) is 0 Å². The van der Waals surface area contributed by atoms with Gasteiger partial charge in [0.15, 0.2) is 0 Å². The highest BCUT2D eigenvalue weighted by Crippen LogP contribution is 2.34. The molecule has 0 aromatic carbocycles. The second-order valence-electron chi connectivity index (χ2n) is 7.31. The zero-order valence-corrected chi connectivity index (χ0v) is 15.7. The van der Waals surface area contributed by atoms with E-state index in [1.807, 2.05) is 17.0 Å². The number of anilines is 1. The maximum absolute atomic E-state index is 11.6. The van der Waals surface area contributed by atoms with Gasteiger partial charge in [0.2, 0.25) is 5.88 Å². The maximum Gasteiger partial charge on any atom is 0.285 e. The minimum Gasteiger partial charge on any atom is -0.472 e. The van der Waals surface area contributed by atoms with Gasteiger partial charge in [-0.15, -0.1) is 0 Å². The zero-order valence-electron chi connectivity index (χ0n) is 15.0. The molecule has 27 heavy (non-hydrogen) atoms. The Bertz CT molecular complexity index is 851. The highest BCUT2D eigenvalue weighted by atomic mass is 35.5. The molecular weight excluding hydrogens is 368 g/mol. The van der Waals surface area contributed by atoms with Crippen LogP contribution in [0.2, 0.25) is 5.02 Å². The summed E-state index contributed by atoms with van der Waals surface area (Å²) in [4.78, 5) is 18.0. The van der Waals surface area contributed by atoms with Gasteiger partial charge in [-0.25, -0.2) is 10.1 Å². The monoisotopic (exact) mass is 390 g/mol.